The average Bonchev–Trinajstić information content (AvgIpc) is 3.13. The summed E-state index contributed by atoms with van der Waals surface area (Å²) in [6.45, 7) is 3.88. The summed E-state index contributed by atoms with van der Waals surface area (Å²) in [5.41, 5.74) is 1.93. The number of guanidine groups is 1. The van der Waals surface area contributed by atoms with Gasteiger partial charge in [0.15, 0.2) is 10.9 Å². The van der Waals surface area contributed by atoms with E-state index in [2.05, 4.69) is 20.6 Å². The number of hydrogen-bond acceptors (Lipinski definition) is 3. The Balaban J connectivity index is 0.00000208. The second-order valence-electron chi connectivity index (χ2n) is 5.00. The lowest BCUT2D eigenvalue weighted by Crippen LogP contribution is -2.36. The van der Waals surface area contributed by atoms with E-state index in [1.54, 1.807) is 23.5 Å². The summed E-state index contributed by atoms with van der Waals surface area (Å²) < 4.78 is 14.9. The molecule has 2 heterocycles. The minimum absolute atomic E-state index is 0. The van der Waals surface area contributed by atoms with Crippen LogP contribution >= 0.6 is 35.3 Å². The number of aliphatic imine (C=N–C) groups is 1. The number of fused-ring (bicyclic) bond motifs is 1. The molecule has 0 saturated carbocycles. The second kappa shape index (κ2) is 8.97. The molecule has 0 amide bonds. The largest absolute Gasteiger partial charge is 0.357 e. The lowest BCUT2D eigenvalue weighted by Gasteiger charge is -2.10. The Bertz CT molecular complexity index is 768. The van der Waals surface area contributed by atoms with E-state index >= 15 is 0 Å². The molecule has 0 aliphatic heterocycles. The highest BCUT2D eigenvalue weighted by atomic mass is 127. The fraction of sp³-hybridized carbons (Fsp3) is 0.250. The zero-order chi connectivity index (χ0) is 16.1. The standard InChI is InChI=1S/C16H18FN5S.HI/c1-2-18-15(19-9-12-3-5-13(17)6-4-12)20-10-14-11-22-7-8-23-16(22)21-14;/h3-8,11H,2,9-10H2,1H3,(H2,18,19,20);1H. The summed E-state index contributed by atoms with van der Waals surface area (Å²) in [6.07, 6.45) is 3.99. The number of nitrogens with zero attached hydrogens (tertiary/aromatic N) is 3. The molecule has 128 valence electrons. The van der Waals surface area contributed by atoms with Crippen LogP contribution in [0.3, 0.4) is 0 Å². The molecule has 0 aliphatic carbocycles. The quantitative estimate of drug-likeness (QED) is 0.350. The number of benzene rings is 1. The monoisotopic (exact) mass is 459 g/mol. The molecule has 5 nitrogen and oxygen atoms in total. The number of hydrogen-bond donors (Lipinski definition) is 2. The fourth-order valence-corrected chi connectivity index (χ4v) is 2.86. The lowest BCUT2D eigenvalue weighted by atomic mass is 10.2. The molecule has 3 rings (SSSR count). The minimum Gasteiger partial charge on any atom is -0.357 e. The zero-order valence-electron chi connectivity index (χ0n) is 13.2. The van der Waals surface area contributed by atoms with Gasteiger partial charge in [-0.2, -0.15) is 0 Å². The van der Waals surface area contributed by atoms with Crippen molar-refractivity contribution >= 4 is 46.2 Å². The smallest absolute Gasteiger partial charge is 0.193 e. The molecule has 0 bridgehead atoms. The highest BCUT2D eigenvalue weighted by Gasteiger charge is 2.04. The number of aromatic nitrogens is 2. The maximum Gasteiger partial charge on any atom is 0.193 e. The van der Waals surface area contributed by atoms with Gasteiger partial charge in [0.25, 0.3) is 0 Å². The van der Waals surface area contributed by atoms with E-state index in [1.165, 1.54) is 12.1 Å². The Morgan fingerprint density at radius 2 is 2.08 bits per heavy atom. The van der Waals surface area contributed by atoms with E-state index in [4.69, 9.17) is 0 Å². The summed E-state index contributed by atoms with van der Waals surface area (Å²) >= 11 is 1.61. The van der Waals surface area contributed by atoms with E-state index in [0.717, 1.165) is 22.8 Å². The Hall–Kier alpha value is -1.68. The lowest BCUT2D eigenvalue weighted by molar-refractivity contribution is 0.627. The molecule has 0 radical (unpaired) electrons. The van der Waals surface area contributed by atoms with Crippen molar-refractivity contribution in [1.82, 2.24) is 20.0 Å². The van der Waals surface area contributed by atoms with Crippen molar-refractivity contribution in [2.75, 3.05) is 6.54 Å². The molecule has 0 fully saturated rings. The van der Waals surface area contributed by atoms with Gasteiger partial charge in [0.2, 0.25) is 0 Å². The summed E-state index contributed by atoms with van der Waals surface area (Å²) in [7, 11) is 0. The normalized spacial score (nSPS) is 11.3. The van der Waals surface area contributed by atoms with Gasteiger partial charge in [-0.1, -0.05) is 12.1 Å². The first-order chi connectivity index (χ1) is 11.2. The fourth-order valence-electron chi connectivity index (χ4n) is 2.14. The van der Waals surface area contributed by atoms with Crippen LogP contribution < -0.4 is 10.6 Å². The molecule has 2 N–H and O–H groups in total. The SMILES string of the molecule is CCNC(=NCc1ccc(F)cc1)NCc1cn2ccsc2n1.I. The first-order valence-corrected chi connectivity index (χ1v) is 8.30. The zero-order valence-corrected chi connectivity index (χ0v) is 16.3. The topological polar surface area (TPSA) is 53.7 Å². The van der Waals surface area contributed by atoms with Gasteiger partial charge < -0.3 is 10.6 Å². The highest BCUT2D eigenvalue weighted by molar-refractivity contribution is 14.0. The van der Waals surface area contributed by atoms with E-state index in [0.29, 0.717) is 19.0 Å². The number of nitrogens with one attached hydrogen (secondary N) is 2. The molecule has 0 saturated heterocycles. The molecule has 8 heteroatoms. The average molecular weight is 459 g/mol. The summed E-state index contributed by atoms with van der Waals surface area (Å²) in [6, 6.07) is 6.38. The van der Waals surface area contributed by atoms with Crippen LogP contribution in [0.4, 0.5) is 4.39 Å². The maximum absolute atomic E-state index is 12.9. The van der Waals surface area contributed by atoms with Crippen LogP contribution in [0.2, 0.25) is 0 Å². The molecule has 3 aromatic rings. The number of imidazole rings is 1. The van der Waals surface area contributed by atoms with Gasteiger partial charge >= 0.3 is 0 Å². The van der Waals surface area contributed by atoms with Gasteiger partial charge in [-0.25, -0.2) is 14.4 Å². The van der Waals surface area contributed by atoms with Crippen LogP contribution in [-0.2, 0) is 13.1 Å². The van der Waals surface area contributed by atoms with Crippen LogP contribution in [-0.4, -0.2) is 21.9 Å². The Morgan fingerprint density at radius 1 is 1.29 bits per heavy atom. The summed E-state index contributed by atoms with van der Waals surface area (Å²) in [5.74, 6) is 0.482. The van der Waals surface area contributed by atoms with Gasteiger partial charge in [-0.15, -0.1) is 35.3 Å². The first-order valence-electron chi connectivity index (χ1n) is 7.42. The third kappa shape index (κ3) is 4.91. The van der Waals surface area contributed by atoms with Gasteiger partial charge in [0.05, 0.1) is 18.8 Å². The highest BCUT2D eigenvalue weighted by Crippen LogP contribution is 2.11. The van der Waals surface area contributed by atoms with E-state index in [9.17, 15) is 4.39 Å². The molecule has 1 aromatic carbocycles. The molecule has 2 aromatic heterocycles. The van der Waals surface area contributed by atoms with Gasteiger partial charge in [0, 0.05) is 24.3 Å². The predicted molar refractivity (Wildman–Crippen MR) is 107 cm³/mol. The Labute approximate surface area is 161 Å². The van der Waals surface area contributed by atoms with Crippen LogP contribution in [0.5, 0.6) is 0 Å². The first kappa shape index (κ1) is 18.7. The van der Waals surface area contributed by atoms with Crippen LogP contribution in [0, 0.1) is 5.82 Å². The molecule has 0 atom stereocenters. The van der Waals surface area contributed by atoms with Crippen molar-refractivity contribution in [2.24, 2.45) is 4.99 Å². The van der Waals surface area contributed by atoms with Crippen LogP contribution in [0.15, 0.2) is 47.0 Å². The molecule has 0 spiro atoms. The second-order valence-corrected chi connectivity index (χ2v) is 5.87. The molecule has 0 unspecified atom stereocenters. The molecule has 0 aliphatic rings. The van der Waals surface area contributed by atoms with Crippen molar-refractivity contribution in [1.29, 1.82) is 0 Å². The molecule has 24 heavy (non-hydrogen) atoms. The summed E-state index contributed by atoms with van der Waals surface area (Å²) in [4.78, 5) is 10.0. The third-order valence-electron chi connectivity index (χ3n) is 3.26. The van der Waals surface area contributed by atoms with Gasteiger partial charge in [0.1, 0.15) is 5.82 Å². The van der Waals surface area contributed by atoms with Crippen molar-refractivity contribution in [2.45, 2.75) is 20.0 Å². The number of rotatable bonds is 5. The molecular weight excluding hydrogens is 440 g/mol. The minimum atomic E-state index is -0.234. The number of halogens is 2. The van der Waals surface area contributed by atoms with Crippen LogP contribution in [0.25, 0.3) is 4.96 Å². The van der Waals surface area contributed by atoms with Gasteiger partial charge in [-0.3, -0.25) is 4.40 Å². The van der Waals surface area contributed by atoms with Crippen LogP contribution in [0.1, 0.15) is 18.2 Å². The van der Waals surface area contributed by atoms with Crippen molar-refractivity contribution < 1.29 is 4.39 Å². The Morgan fingerprint density at radius 3 is 2.79 bits per heavy atom. The van der Waals surface area contributed by atoms with Crippen molar-refractivity contribution in [3.8, 4) is 0 Å². The Kier molecular flexibility index (Phi) is 6.98. The third-order valence-corrected chi connectivity index (χ3v) is 4.03. The van der Waals surface area contributed by atoms with E-state index < -0.39 is 0 Å². The maximum atomic E-state index is 12.9. The van der Waals surface area contributed by atoms with E-state index in [-0.39, 0.29) is 29.8 Å². The van der Waals surface area contributed by atoms with Crippen molar-refractivity contribution in [3.63, 3.8) is 0 Å². The molecular formula is C16H19FIN5S. The van der Waals surface area contributed by atoms with Crippen molar-refractivity contribution in [3.05, 3.63) is 59.1 Å². The predicted octanol–water partition coefficient (Wildman–Crippen LogP) is 3.41. The summed E-state index contributed by atoms with van der Waals surface area (Å²) in [5, 5.41) is 8.47. The number of thiazole rings is 1. The van der Waals surface area contributed by atoms with Gasteiger partial charge in [-0.05, 0) is 24.6 Å². The van der Waals surface area contributed by atoms with E-state index in [1.807, 2.05) is 29.1 Å².